The zero-order chi connectivity index (χ0) is 27.0. The number of alkyl halides is 2. The predicted molar refractivity (Wildman–Crippen MR) is 135 cm³/mol. The Hall–Kier alpha value is -3.61. The fourth-order valence-electron chi connectivity index (χ4n) is 4.44. The van der Waals surface area contributed by atoms with E-state index in [9.17, 15) is 23.4 Å². The molecule has 1 aromatic carbocycles. The number of aliphatic hydroxyl groups is 2. The molecule has 1 aliphatic heterocycles. The van der Waals surface area contributed by atoms with E-state index in [-0.39, 0.29) is 11.5 Å². The van der Waals surface area contributed by atoms with Gasteiger partial charge in [0.05, 0.1) is 29.2 Å². The number of anilines is 1. The molecule has 200 valence electrons. The molecule has 2 N–H and O–H groups in total. The van der Waals surface area contributed by atoms with Crippen molar-refractivity contribution in [2.45, 2.75) is 38.6 Å². The Morgan fingerprint density at radius 3 is 2.42 bits per heavy atom. The van der Waals surface area contributed by atoms with Crippen LogP contribution in [0.4, 0.5) is 19.0 Å². The summed E-state index contributed by atoms with van der Waals surface area (Å²) < 4.78 is 41.2. The summed E-state index contributed by atoms with van der Waals surface area (Å²) >= 11 is 0. The van der Waals surface area contributed by atoms with Crippen molar-refractivity contribution < 1.29 is 23.4 Å². The monoisotopic (exact) mass is 527 g/mol. The van der Waals surface area contributed by atoms with Gasteiger partial charge in [-0.1, -0.05) is 18.2 Å². The molecule has 1 atom stereocenters. The lowest BCUT2D eigenvalue weighted by Gasteiger charge is -2.36. The van der Waals surface area contributed by atoms with Crippen LogP contribution in [0.2, 0.25) is 0 Å². The molecule has 38 heavy (non-hydrogen) atoms. The standard InChI is InChI=1S/C26H28F3N7O2/c1-26(2,38)23(37)20-11-19-21(13-30-20)32-22(17-12-31-36(15-17)25(28)29)24(33-19)35-9-7-34(8-10-35)14-16-5-3-4-6-18(16)27/h3-6,11-13,15,23,25,37-38H,7-10,14H2,1-2H3. The van der Waals surface area contributed by atoms with Gasteiger partial charge >= 0.3 is 6.55 Å². The minimum absolute atomic E-state index is 0.234. The van der Waals surface area contributed by atoms with Gasteiger partial charge in [0.2, 0.25) is 0 Å². The molecule has 4 heterocycles. The Bertz CT molecular complexity index is 1430. The molecule has 4 aromatic rings. The first-order valence-electron chi connectivity index (χ1n) is 12.2. The molecule has 1 aliphatic rings. The summed E-state index contributed by atoms with van der Waals surface area (Å²) in [5.41, 5.74) is 1.03. The van der Waals surface area contributed by atoms with Gasteiger partial charge in [0, 0.05) is 50.0 Å². The molecular formula is C26H28F3N7O2. The molecule has 12 heteroatoms. The smallest absolute Gasteiger partial charge is 0.333 e. The van der Waals surface area contributed by atoms with E-state index in [1.807, 2.05) is 11.0 Å². The molecule has 1 unspecified atom stereocenters. The summed E-state index contributed by atoms with van der Waals surface area (Å²) in [6.45, 7) is 2.99. The van der Waals surface area contributed by atoms with Crippen LogP contribution in [0, 0.1) is 5.82 Å². The fraction of sp³-hybridized carbons (Fsp3) is 0.385. The lowest BCUT2D eigenvalue weighted by Crippen LogP contribution is -2.46. The average Bonchev–Trinajstić information content (AvgIpc) is 3.39. The molecule has 5 rings (SSSR count). The van der Waals surface area contributed by atoms with E-state index in [2.05, 4.69) is 20.0 Å². The SMILES string of the molecule is CC(C)(O)C(O)c1cc2nc(N3CCN(Cc4ccccc4F)CC3)c(-c3cnn(C(F)F)c3)nc2cn1. The van der Waals surface area contributed by atoms with Gasteiger partial charge < -0.3 is 15.1 Å². The third-order valence-corrected chi connectivity index (χ3v) is 6.60. The predicted octanol–water partition coefficient (Wildman–Crippen LogP) is 3.55. The number of aliphatic hydroxyl groups excluding tert-OH is 1. The number of pyridine rings is 1. The highest BCUT2D eigenvalue weighted by Gasteiger charge is 2.29. The Morgan fingerprint density at radius 2 is 1.76 bits per heavy atom. The second-order valence-corrected chi connectivity index (χ2v) is 9.89. The van der Waals surface area contributed by atoms with Crippen LogP contribution in [-0.4, -0.2) is 71.6 Å². The molecule has 0 saturated carbocycles. The number of aromatic nitrogens is 5. The normalized spacial score (nSPS) is 15.9. The number of fused-ring (bicyclic) bond motifs is 1. The molecule has 0 aliphatic carbocycles. The maximum absolute atomic E-state index is 14.1. The molecule has 1 saturated heterocycles. The van der Waals surface area contributed by atoms with E-state index >= 15 is 0 Å². The van der Waals surface area contributed by atoms with Crippen molar-refractivity contribution in [1.29, 1.82) is 0 Å². The quantitative estimate of drug-likeness (QED) is 0.376. The van der Waals surface area contributed by atoms with Gasteiger partial charge in [-0.2, -0.15) is 13.9 Å². The van der Waals surface area contributed by atoms with Crippen molar-refractivity contribution in [3.8, 4) is 11.3 Å². The average molecular weight is 528 g/mol. The van der Waals surface area contributed by atoms with Gasteiger partial charge in [0.1, 0.15) is 23.1 Å². The Morgan fingerprint density at radius 1 is 1.03 bits per heavy atom. The second kappa shape index (κ2) is 10.3. The molecular weight excluding hydrogens is 499 g/mol. The zero-order valence-electron chi connectivity index (χ0n) is 21.0. The van der Waals surface area contributed by atoms with Gasteiger partial charge in [0.25, 0.3) is 0 Å². The second-order valence-electron chi connectivity index (χ2n) is 9.89. The number of hydrogen-bond donors (Lipinski definition) is 2. The molecule has 1 fully saturated rings. The number of piperazine rings is 1. The third kappa shape index (κ3) is 5.33. The van der Waals surface area contributed by atoms with E-state index in [1.54, 1.807) is 18.2 Å². The number of halogens is 3. The lowest BCUT2D eigenvalue weighted by atomic mass is 9.98. The summed E-state index contributed by atoms with van der Waals surface area (Å²) in [5, 5.41) is 24.5. The zero-order valence-corrected chi connectivity index (χ0v) is 21.0. The maximum Gasteiger partial charge on any atom is 0.333 e. The number of benzene rings is 1. The Balaban J connectivity index is 1.48. The van der Waals surface area contributed by atoms with Crippen LogP contribution in [-0.2, 0) is 6.54 Å². The van der Waals surface area contributed by atoms with Crippen molar-refractivity contribution in [3.05, 3.63) is 66.0 Å². The first-order valence-corrected chi connectivity index (χ1v) is 12.2. The highest BCUT2D eigenvalue weighted by Crippen LogP contribution is 2.32. The van der Waals surface area contributed by atoms with Crippen molar-refractivity contribution in [2.24, 2.45) is 0 Å². The van der Waals surface area contributed by atoms with E-state index in [1.165, 1.54) is 38.5 Å². The van der Waals surface area contributed by atoms with E-state index in [4.69, 9.17) is 4.98 Å². The van der Waals surface area contributed by atoms with Gasteiger partial charge in [-0.3, -0.25) is 9.88 Å². The summed E-state index contributed by atoms with van der Waals surface area (Å²) in [5.74, 6) is 0.234. The maximum atomic E-state index is 14.1. The summed E-state index contributed by atoms with van der Waals surface area (Å²) in [6, 6.07) is 8.25. The van der Waals surface area contributed by atoms with Gasteiger partial charge in [-0.05, 0) is 26.0 Å². The van der Waals surface area contributed by atoms with Crippen molar-refractivity contribution in [3.63, 3.8) is 0 Å². The summed E-state index contributed by atoms with van der Waals surface area (Å²) in [6.07, 6.45) is 2.73. The van der Waals surface area contributed by atoms with E-state index < -0.39 is 18.3 Å². The molecule has 0 bridgehead atoms. The van der Waals surface area contributed by atoms with Crippen LogP contribution in [0.3, 0.4) is 0 Å². The van der Waals surface area contributed by atoms with Gasteiger partial charge in [-0.25, -0.2) is 19.0 Å². The van der Waals surface area contributed by atoms with Crippen LogP contribution >= 0.6 is 0 Å². The van der Waals surface area contributed by atoms with Crippen molar-refractivity contribution >= 4 is 16.9 Å². The molecule has 0 radical (unpaired) electrons. The topological polar surface area (TPSA) is 103 Å². The summed E-state index contributed by atoms with van der Waals surface area (Å²) in [4.78, 5) is 17.9. The molecule has 3 aromatic heterocycles. The molecule has 9 nitrogen and oxygen atoms in total. The number of rotatable bonds is 7. The summed E-state index contributed by atoms with van der Waals surface area (Å²) in [7, 11) is 0. The highest BCUT2D eigenvalue weighted by atomic mass is 19.3. The van der Waals surface area contributed by atoms with Crippen LogP contribution in [0.25, 0.3) is 22.3 Å². The van der Waals surface area contributed by atoms with Crippen LogP contribution in [0.5, 0.6) is 0 Å². The first kappa shape index (κ1) is 26.0. The Kier molecular flexibility index (Phi) is 7.03. The first-order chi connectivity index (χ1) is 18.1. The fourth-order valence-corrected chi connectivity index (χ4v) is 4.44. The van der Waals surface area contributed by atoms with Crippen LogP contribution < -0.4 is 4.90 Å². The minimum atomic E-state index is -2.80. The Labute approximate surface area is 217 Å². The van der Waals surface area contributed by atoms with Crippen molar-refractivity contribution in [2.75, 3.05) is 31.1 Å². The van der Waals surface area contributed by atoms with Gasteiger partial charge in [0.15, 0.2) is 5.82 Å². The van der Waals surface area contributed by atoms with E-state index in [0.717, 1.165) is 0 Å². The van der Waals surface area contributed by atoms with Crippen LogP contribution in [0.15, 0.2) is 48.9 Å². The van der Waals surface area contributed by atoms with Crippen molar-refractivity contribution in [1.82, 2.24) is 29.6 Å². The number of nitrogens with zero attached hydrogens (tertiary/aromatic N) is 7. The third-order valence-electron chi connectivity index (χ3n) is 6.60. The minimum Gasteiger partial charge on any atom is -0.387 e. The van der Waals surface area contributed by atoms with E-state index in [0.29, 0.717) is 71.1 Å². The molecule has 0 amide bonds. The lowest BCUT2D eigenvalue weighted by molar-refractivity contribution is -0.0516. The highest BCUT2D eigenvalue weighted by molar-refractivity contribution is 5.83. The molecule has 0 spiro atoms. The van der Waals surface area contributed by atoms with Crippen LogP contribution in [0.1, 0.15) is 37.8 Å². The van der Waals surface area contributed by atoms with Gasteiger partial charge in [-0.15, -0.1) is 0 Å². The number of hydrogen-bond acceptors (Lipinski definition) is 8. The largest absolute Gasteiger partial charge is 0.387 e.